The lowest BCUT2D eigenvalue weighted by atomic mass is 9.76. The molecule has 2 heterocycles. The van der Waals surface area contributed by atoms with Gasteiger partial charge in [-0.15, -0.1) is 0 Å². The van der Waals surface area contributed by atoms with Gasteiger partial charge in [0.2, 0.25) is 0 Å². The smallest absolute Gasteiger partial charge is 0.116 e. The summed E-state index contributed by atoms with van der Waals surface area (Å²) in [6.07, 6.45) is 8.94. The van der Waals surface area contributed by atoms with Crippen LogP contribution in [0.4, 0.5) is 5.69 Å². The molecule has 4 nitrogen and oxygen atoms in total. The average Bonchev–Trinajstić information content (AvgIpc) is 2.74. The van der Waals surface area contributed by atoms with Crippen LogP contribution in [0.25, 0.3) is 10.9 Å². The molecule has 4 heteroatoms. The van der Waals surface area contributed by atoms with Crippen molar-refractivity contribution in [3.05, 3.63) is 66.6 Å². The normalized spacial score (nSPS) is 20.1. The number of rotatable bonds is 6. The first kappa shape index (κ1) is 17.9. The molecule has 1 aliphatic rings. The largest absolute Gasteiger partial charge is 0.396 e. The Morgan fingerprint density at radius 3 is 2.81 bits per heavy atom. The second-order valence-electron chi connectivity index (χ2n) is 7.76. The molecule has 1 N–H and O–H groups in total. The molecule has 3 aromatic rings. The molecule has 1 aliphatic heterocycles. The van der Waals surface area contributed by atoms with Crippen molar-refractivity contribution in [3.8, 4) is 0 Å². The number of nitrogens with zero attached hydrogens (tertiary/aromatic N) is 3. The molecule has 0 spiro atoms. The van der Waals surface area contributed by atoms with Crippen LogP contribution in [0.3, 0.4) is 0 Å². The molecular weight excluding hydrogens is 334 g/mol. The van der Waals surface area contributed by atoms with Gasteiger partial charge in [-0.25, -0.2) is 9.97 Å². The van der Waals surface area contributed by atoms with Gasteiger partial charge in [-0.1, -0.05) is 36.4 Å². The zero-order chi connectivity index (χ0) is 18.5. The minimum atomic E-state index is -0.0230. The van der Waals surface area contributed by atoms with Crippen LogP contribution in [0.1, 0.15) is 31.2 Å². The number of aliphatic hydroxyl groups excluding tert-OH is 1. The number of aromatic nitrogens is 2. The molecule has 1 atom stereocenters. The number of hydrogen-bond acceptors (Lipinski definition) is 4. The SMILES string of the molecule is OCC1(CCCc2ccccc2)CCCN(c2cccc3ncncc23)C1. The van der Waals surface area contributed by atoms with E-state index in [1.807, 2.05) is 12.3 Å². The number of aliphatic hydroxyl groups is 1. The molecule has 0 amide bonds. The van der Waals surface area contributed by atoms with Crippen LogP contribution in [0.5, 0.6) is 0 Å². The number of fused-ring (bicyclic) bond motifs is 1. The Kier molecular flexibility index (Phi) is 5.35. The third kappa shape index (κ3) is 3.96. The molecular formula is C23H27N3O. The van der Waals surface area contributed by atoms with Gasteiger partial charge in [0.15, 0.2) is 0 Å². The Morgan fingerprint density at radius 1 is 1.07 bits per heavy atom. The molecule has 2 aromatic carbocycles. The van der Waals surface area contributed by atoms with Gasteiger partial charge in [0.25, 0.3) is 0 Å². The summed E-state index contributed by atoms with van der Waals surface area (Å²) < 4.78 is 0. The van der Waals surface area contributed by atoms with Crippen LogP contribution < -0.4 is 4.90 Å². The van der Waals surface area contributed by atoms with Crippen molar-refractivity contribution in [2.24, 2.45) is 5.41 Å². The maximum absolute atomic E-state index is 10.3. The third-order valence-electron chi connectivity index (χ3n) is 5.88. The first-order chi connectivity index (χ1) is 13.3. The highest BCUT2D eigenvalue weighted by Crippen LogP contribution is 2.38. The molecule has 1 saturated heterocycles. The average molecular weight is 361 g/mol. The lowest BCUT2D eigenvalue weighted by Gasteiger charge is -2.43. The fraction of sp³-hybridized carbons (Fsp3) is 0.391. The van der Waals surface area contributed by atoms with Crippen LogP contribution in [0.15, 0.2) is 61.1 Å². The highest BCUT2D eigenvalue weighted by atomic mass is 16.3. The summed E-state index contributed by atoms with van der Waals surface area (Å²) in [6.45, 7) is 2.17. The van der Waals surface area contributed by atoms with Gasteiger partial charge in [0.1, 0.15) is 6.33 Å². The lowest BCUT2D eigenvalue weighted by Crippen LogP contribution is -2.45. The summed E-state index contributed by atoms with van der Waals surface area (Å²) in [6, 6.07) is 16.9. The van der Waals surface area contributed by atoms with Crippen molar-refractivity contribution >= 4 is 16.6 Å². The Morgan fingerprint density at radius 2 is 1.96 bits per heavy atom. The molecule has 1 fully saturated rings. The maximum Gasteiger partial charge on any atom is 0.116 e. The zero-order valence-electron chi connectivity index (χ0n) is 15.7. The molecule has 0 aliphatic carbocycles. The van der Waals surface area contributed by atoms with Crippen molar-refractivity contribution in [2.75, 3.05) is 24.6 Å². The zero-order valence-corrected chi connectivity index (χ0v) is 15.7. The first-order valence-corrected chi connectivity index (χ1v) is 9.88. The number of aryl methyl sites for hydroxylation is 1. The minimum absolute atomic E-state index is 0.0230. The Balaban J connectivity index is 1.49. The van der Waals surface area contributed by atoms with Crippen molar-refractivity contribution in [1.29, 1.82) is 0 Å². The highest BCUT2D eigenvalue weighted by molar-refractivity contribution is 5.91. The van der Waals surface area contributed by atoms with E-state index in [-0.39, 0.29) is 12.0 Å². The van der Waals surface area contributed by atoms with E-state index in [2.05, 4.69) is 57.3 Å². The second-order valence-corrected chi connectivity index (χ2v) is 7.76. The van der Waals surface area contributed by atoms with Crippen LogP contribution in [-0.2, 0) is 6.42 Å². The molecule has 0 radical (unpaired) electrons. The highest BCUT2D eigenvalue weighted by Gasteiger charge is 2.35. The number of benzene rings is 2. The van der Waals surface area contributed by atoms with Crippen LogP contribution in [0, 0.1) is 5.41 Å². The fourth-order valence-electron chi connectivity index (χ4n) is 4.40. The van der Waals surface area contributed by atoms with Crippen molar-refractivity contribution in [3.63, 3.8) is 0 Å². The van der Waals surface area contributed by atoms with Gasteiger partial charge in [-0.2, -0.15) is 0 Å². The lowest BCUT2D eigenvalue weighted by molar-refractivity contribution is 0.0942. The predicted octanol–water partition coefficient (Wildman–Crippen LogP) is 4.23. The quantitative estimate of drug-likeness (QED) is 0.714. The second kappa shape index (κ2) is 8.05. The fourth-order valence-corrected chi connectivity index (χ4v) is 4.40. The van der Waals surface area contributed by atoms with Crippen molar-refractivity contribution < 1.29 is 5.11 Å². The summed E-state index contributed by atoms with van der Waals surface area (Å²) >= 11 is 0. The van der Waals surface area contributed by atoms with E-state index in [1.165, 1.54) is 11.3 Å². The molecule has 1 aromatic heterocycles. The van der Waals surface area contributed by atoms with E-state index in [4.69, 9.17) is 0 Å². The van der Waals surface area contributed by atoms with Crippen molar-refractivity contribution in [1.82, 2.24) is 9.97 Å². The number of hydrogen-bond donors (Lipinski definition) is 1. The molecule has 0 saturated carbocycles. The summed E-state index contributed by atoms with van der Waals surface area (Å²) in [5.41, 5.74) is 3.52. The Labute approximate surface area is 160 Å². The maximum atomic E-state index is 10.3. The Bertz CT molecular complexity index is 878. The van der Waals surface area contributed by atoms with Gasteiger partial charge in [0.05, 0.1) is 12.1 Å². The van der Waals surface area contributed by atoms with E-state index in [0.29, 0.717) is 0 Å². The molecule has 0 bridgehead atoms. The summed E-state index contributed by atoms with van der Waals surface area (Å²) in [5.74, 6) is 0. The number of anilines is 1. The van der Waals surface area contributed by atoms with Crippen LogP contribution in [0.2, 0.25) is 0 Å². The summed E-state index contributed by atoms with van der Waals surface area (Å²) in [7, 11) is 0. The van der Waals surface area contributed by atoms with Gasteiger partial charge in [-0.05, 0) is 49.8 Å². The van der Waals surface area contributed by atoms with Crippen LogP contribution in [-0.4, -0.2) is 34.8 Å². The van der Waals surface area contributed by atoms with Crippen molar-refractivity contribution in [2.45, 2.75) is 32.1 Å². The van der Waals surface area contributed by atoms with Gasteiger partial charge in [-0.3, -0.25) is 0 Å². The van der Waals surface area contributed by atoms with E-state index < -0.39 is 0 Å². The van der Waals surface area contributed by atoms with E-state index >= 15 is 0 Å². The third-order valence-corrected chi connectivity index (χ3v) is 5.88. The number of piperidine rings is 1. The molecule has 27 heavy (non-hydrogen) atoms. The predicted molar refractivity (Wildman–Crippen MR) is 110 cm³/mol. The Hall–Kier alpha value is -2.46. The topological polar surface area (TPSA) is 49.2 Å². The monoisotopic (exact) mass is 361 g/mol. The summed E-state index contributed by atoms with van der Waals surface area (Å²) in [5, 5.41) is 11.4. The molecule has 140 valence electrons. The van der Waals surface area contributed by atoms with Gasteiger partial charge in [0, 0.05) is 35.8 Å². The van der Waals surface area contributed by atoms with Crippen LogP contribution >= 0.6 is 0 Å². The first-order valence-electron chi connectivity index (χ1n) is 9.88. The summed E-state index contributed by atoms with van der Waals surface area (Å²) in [4.78, 5) is 11.0. The van der Waals surface area contributed by atoms with Gasteiger partial charge >= 0.3 is 0 Å². The van der Waals surface area contributed by atoms with E-state index in [9.17, 15) is 5.11 Å². The molecule has 1 unspecified atom stereocenters. The van der Waals surface area contributed by atoms with E-state index in [1.54, 1.807) is 6.33 Å². The van der Waals surface area contributed by atoms with Gasteiger partial charge < -0.3 is 10.0 Å². The van der Waals surface area contributed by atoms with E-state index in [0.717, 1.165) is 56.1 Å². The standard InChI is InChI=1S/C23H27N3O/c27-17-23(12-5-9-19-7-2-1-3-8-19)13-6-14-26(16-23)22-11-4-10-21-20(22)15-24-18-25-21/h1-4,7-8,10-11,15,18,27H,5-6,9,12-14,16-17H2. The molecule has 4 rings (SSSR count). The minimum Gasteiger partial charge on any atom is -0.396 e.